The van der Waals surface area contributed by atoms with Gasteiger partial charge in [0.15, 0.2) is 6.10 Å². The summed E-state index contributed by atoms with van der Waals surface area (Å²) in [5.74, 6) is 0.0190. The Balaban J connectivity index is 1.06. The fourth-order valence-electron chi connectivity index (χ4n) is 5.52. The molecule has 1 aliphatic heterocycles. The first-order valence-electron chi connectivity index (χ1n) is 13.3. The Kier molecular flexibility index (Phi) is 7.00. The number of hydrogen-bond acceptors (Lipinski definition) is 4. The zero-order valence-corrected chi connectivity index (χ0v) is 21.6. The topological polar surface area (TPSA) is 59.1 Å². The van der Waals surface area contributed by atoms with Crippen LogP contribution in [-0.4, -0.2) is 54.8 Å². The molecule has 0 radical (unpaired) electrons. The predicted octanol–water partition coefficient (Wildman–Crippen LogP) is 6.48. The van der Waals surface area contributed by atoms with E-state index in [1.165, 1.54) is 22.3 Å². The molecule has 4 aromatic rings. The van der Waals surface area contributed by atoms with E-state index in [-0.39, 0.29) is 24.7 Å². The molecule has 0 atom stereocenters. The van der Waals surface area contributed by atoms with Crippen molar-refractivity contribution in [2.75, 3.05) is 32.8 Å². The van der Waals surface area contributed by atoms with Gasteiger partial charge >= 0.3 is 12.2 Å². The summed E-state index contributed by atoms with van der Waals surface area (Å²) in [7, 11) is 0. The largest absolute Gasteiger partial charge is 0.448 e. The van der Waals surface area contributed by atoms with Gasteiger partial charge in [0.25, 0.3) is 0 Å². The molecule has 0 unspecified atom stereocenters. The van der Waals surface area contributed by atoms with Crippen LogP contribution in [0.15, 0.2) is 109 Å². The van der Waals surface area contributed by atoms with E-state index in [1.807, 2.05) is 84.9 Å². The Bertz CT molecular complexity index is 1360. The lowest BCUT2D eigenvalue weighted by atomic mass is 9.98. The normalized spacial score (nSPS) is 14.6. The number of fused-ring (bicyclic) bond motifs is 3. The fourth-order valence-corrected chi connectivity index (χ4v) is 5.52. The molecule has 6 nitrogen and oxygen atoms in total. The van der Waals surface area contributed by atoms with Crippen molar-refractivity contribution in [3.05, 3.63) is 131 Å². The standard InChI is InChI=1S/C33H30N2O4/c36-32(38-23-30-28-17-9-7-15-26(28)27-16-8-10-18-29(27)30)34-19-21-35(22-20-34)33(37)39-31(24-11-3-1-4-12-24)25-13-5-2-6-14-25/h1-18,30-31H,19-23H2. The zero-order chi connectivity index (χ0) is 26.6. The monoisotopic (exact) mass is 518 g/mol. The van der Waals surface area contributed by atoms with Gasteiger partial charge in [0.05, 0.1) is 0 Å². The molecule has 0 spiro atoms. The molecule has 0 N–H and O–H groups in total. The van der Waals surface area contributed by atoms with Gasteiger partial charge in [0, 0.05) is 32.1 Å². The molecule has 2 amide bonds. The minimum absolute atomic E-state index is 0.0190. The van der Waals surface area contributed by atoms with Crippen LogP contribution in [0.1, 0.15) is 34.3 Å². The third-order valence-corrected chi connectivity index (χ3v) is 7.56. The Morgan fingerprint density at radius 3 is 1.56 bits per heavy atom. The van der Waals surface area contributed by atoms with Gasteiger partial charge in [0.1, 0.15) is 6.61 Å². The van der Waals surface area contributed by atoms with Crippen molar-refractivity contribution >= 4 is 12.2 Å². The molecular weight excluding hydrogens is 488 g/mol. The number of rotatable bonds is 5. The van der Waals surface area contributed by atoms with Crippen molar-refractivity contribution in [1.29, 1.82) is 0 Å². The molecule has 0 bridgehead atoms. The van der Waals surface area contributed by atoms with Gasteiger partial charge in [-0.1, -0.05) is 109 Å². The lowest BCUT2D eigenvalue weighted by molar-refractivity contribution is 0.0484. The van der Waals surface area contributed by atoms with Gasteiger partial charge in [0.2, 0.25) is 0 Å². The summed E-state index contributed by atoms with van der Waals surface area (Å²) in [6.45, 7) is 1.85. The van der Waals surface area contributed by atoms with Crippen LogP contribution in [-0.2, 0) is 9.47 Å². The second kappa shape index (κ2) is 11.0. The van der Waals surface area contributed by atoms with Gasteiger partial charge in [-0.3, -0.25) is 0 Å². The first kappa shape index (κ1) is 24.7. The number of carbonyl (C=O) groups excluding carboxylic acids is 2. The highest BCUT2D eigenvalue weighted by Gasteiger charge is 2.32. The van der Waals surface area contributed by atoms with Crippen molar-refractivity contribution in [2.45, 2.75) is 12.0 Å². The summed E-state index contributed by atoms with van der Waals surface area (Å²) in [6.07, 6.45) is -1.24. The van der Waals surface area contributed by atoms with Crippen LogP contribution in [0.3, 0.4) is 0 Å². The minimum Gasteiger partial charge on any atom is -0.448 e. The van der Waals surface area contributed by atoms with Crippen LogP contribution in [0.25, 0.3) is 11.1 Å². The molecule has 1 saturated heterocycles. The maximum atomic E-state index is 13.1. The molecule has 1 heterocycles. The Labute approximate surface area is 228 Å². The van der Waals surface area contributed by atoms with E-state index in [0.29, 0.717) is 26.2 Å². The van der Waals surface area contributed by atoms with Crippen LogP contribution < -0.4 is 0 Å². The number of nitrogens with zero attached hydrogens (tertiary/aromatic N) is 2. The molecule has 6 heteroatoms. The lowest BCUT2D eigenvalue weighted by Gasteiger charge is -2.34. The van der Waals surface area contributed by atoms with Crippen molar-refractivity contribution < 1.29 is 19.1 Å². The maximum absolute atomic E-state index is 13.1. The second-order valence-corrected chi connectivity index (χ2v) is 9.86. The predicted molar refractivity (Wildman–Crippen MR) is 149 cm³/mol. The van der Waals surface area contributed by atoms with Crippen molar-refractivity contribution in [1.82, 2.24) is 9.80 Å². The molecule has 4 aromatic carbocycles. The highest BCUT2D eigenvalue weighted by Crippen LogP contribution is 2.44. The van der Waals surface area contributed by atoms with Gasteiger partial charge in [-0.15, -0.1) is 0 Å². The van der Waals surface area contributed by atoms with Crippen molar-refractivity contribution in [3.8, 4) is 11.1 Å². The van der Waals surface area contributed by atoms with Crippen molar-refractivity contribution in [3.63, 3.8) is 0 Å². The molecule has 0 saturated carbocycles. The van der Waals surface area contributed by atoms with E-state index in [4.69, 9.17) is 9.47 Å². The van der Waals surface area contributed by atoms with E-state index in [2.05, 4.69) is 24.3 Å². The van der Waals surface area contributed by atoms with E-state index >= 15 is 0 Å². The molecule has 39 heavy (non-hydrogen) atoms. The van der Waals surface area contributed by atoms with Crippen LogP contribution in [0.4, 0.5) is 9.59 Å². The number of amides is 2. The van der Waals surface area contributed by atoms with Gasteiger partial charge in [-0.05, 0) is 33.4 Å². The third-order valence-electron chi connectivity index (χ3n) is 7.56. The lowest BCUT2D eigenvalue weighted by Crippen LogP contribution is -2.51. The molecule has 6 rings (SSSR count). The summed E-state index contributed by atoms with van der Waals surface area (Å²) < 4.78 is 11.8. The number of ether oxygens (including phenoxy) is 2. The summed E-state index contributed by atoms with van der Waals surface area (Å²) in [5, 5.41) is 0. The SMILES string of the molecule is O=C(OCC1c2ccccc2-c2ccccc21)N1CCN(C(=O)OC(c2ccccc2)c2ccccc2)CC1. The molecular formula is C33H30N2O4. The number of piperazine rings is 1. The highest BCUT2D eigenvalue weighted by molar-refractivity contribution is 5.79. The number of carbonyl (C=O) groups is 2. The van der Waals surface area contributed by atoms with E-state index in [1.54, 1.807) is 9.80 Å². The zero-order valence-electron chi connectivity index (χ0n) is 21.6. The van der Waals surface area contributed by atoms with Crippen molar-refractivity contribution in [2.24, 2.45) is 0 Å². The first-order valence-corrected chi connectivity index (χ1v) is 13.3. The summed E-state index contributed by atoms with van der Waals surface area (Å²) >= 11 is 0. The Morgan fingerprint density at radius 2 is 1.05 bits per heavy atom. The summed E-state index contributed by atoms with van der Waals surface area (Å²) in [4.78, 5) is 29.4. The fraction of sp³-hybridized carbons (Fsp3) is 0.212. The second-order valence-electron chi connectivity index (χ2n) is 9.86. The molecule has 196 valence electrons. The summed E-state index contributed by atoms with van der Waals surface area (Å²) in [5.41, 5.74) is 6.59. The van der Waals surface area contributed by atoms with Crippen LogP contribution in [0.2, 0.25) is 0 Å². The molecule has 1 fully saturated rings. The Morgan fingerprint density at radius 1 is 0.615 bits per heavy atom. The van der Waals surface area contributed by atoms with E-state index in [0.717, 1.165) is 11.1 Å². The molecule has 2 aliphatic rings. The smallest absolute Gasteiger partial charge is 0.410 e. The minimum atomic E-state index is -0.500. The summed E-state index contributed by atoms with van der Waals surface area (Å²) in [6, 6.07) is 36.0. The van der Waals surface area contributed by atoms with E-state index < -0.39 is 6.10 Å². The number of benzene rings is 4. The van der Waals surface area contributed by atoms with Gasteiger partial charge in [-0.25, -0.2) is 9.59 Å². The first-order chi connectivity index (χ1) is 19.2. The van der Waals surface area contributed by atoms with Crippen LogP contribution in [0.5, 0.6) is 0 Å². The maximum Gasteiger partial charge on any atom is 0.410 e. The molecule has 1 aliphatic carbocycles. The number of hydrogen-bond donors (Lipinski definition) is 0. The van der Waals surface area contributed by atoms with Crippen LogP contribution >= 0.6 is 0 Å². The van der Waals surface area contributed by atoms with Crippen LogP contribution in [0, 0.1) is 0 Å². The quantitative estimate of drug-likeness (QED) is 0.303. The third kappa shape index (κ3) is 5.10. The Hall–Kier alpha value is -4.58. The average molecular weight is 519 g/mol. The van der Waals surface area contributed by atoms with Gasteiger partial charge in [-0.2, -0.15) is 0 Å². The average Bonchev–Trinajstić information content (AvgIpc) is 3.33. The van der Waals surface area contributed by atoms with E-state index in [9.17, 15) is 9.59 Å². The highest BCUT2D eigenvalue weighted by atomic mass is 16.6. The van der Waals surface area contributed by atoms with Gasteiger partial charge < -0.3 is 19.3 Å². The molecule has 0 aromatic heterocycles.